The molecule has 0 radical (unpaired) electrons. The van der Waals surface area contributed by atoms with Gasteiger partial charge in [-0.1, -0.05) is 41.4 Å². The number of aromatic nitrogens is 2. The van der Waals surface area contributed by atoms with E-state index < -0.39 is 11.8 Å². The summed E-state index contributed by atoms with van der Waals surface area (Å²) in [4.78, 5) is 23.7. The molecular weight excluding hydrogens is 403 g/mol. The number of hydrogen-bond donors (Lipinski definition) is 2. The number of carbonyl (C=O) groups is 2. The molecule has 0 saturated heterocycles. The summed E-state index contributed by atoms with van der Waals surface area (Å²) in [6.45, 7) is 0.0567. The fraction of sp³-hybridized carbons (Fsp3) is 0.105. The maximum atomic E-state index is 12.3. The highest BCUT2D eigenvalue weighted by Crippen LogP contribution is 2.23. The topological polar surface area (TPSA) is 99.2 Å². The predicted octanol–water partition coefficient (Wildman–Crippen LogP) is 3.35. The van der Waals surface area contributed by atoms with Gasteiger partial charge in [-0.3, -0.25) is 9.59 Å². The second kappa shape index (κ2) is 8.77. The van der Waals surface area contributed by atoms with Crippen molar-refractivity contribution in [3.05, 3.63) is 75.9 Å². The molecule has 3 N–H and O–H groups in total. The van der Waals surface area contributed by atoms with Gasteiger partial charge in [-0.05, 0) is 29.8 Å². The van der Waals surface area contributed by atoms with Crippen molar-refractivity contribution in [2.45, 2.75) is 6.54 Å². The first-order valence-corrected chi connectivity index (χ1v) is 8.97. The SMILES string of the molecule is NC(=O)c1ccc(Cl)cc1OCC(=O)Nc1ccnn1Cc1ccccc1Cl. The van der Waals surface area contributed by atoms with Crippen molar-refractivity contribution in [3.63, 3.8) is 0 Å². The first kappa shape index (κ1) is 19.7. The minimum atomic E-state index is -0.676. The van der Waals surface area contributed by atoms with Gasteiger partial charge in [-0.2, -0.15) is 5.10 Å². The number of primary amides is 1. The fourth-order valence-electron chi connectivity index (χ4n) is 2.49. The van der Waals surface area contributed by atoms with Gasteiger partial charge in [-0.25, -0.2) is 4.68 Å². The Hall–Kier alpha value is -3.03. The Morgan fingerprint density at radius 3 is 2.68 bits per heavy atom. The highest BCUT2D eigenvalue weighted by atomic mass is 35.5. The molecule has 2 aromatic carbocycles. The second-order valence-electron chi connectivity index (χ2n) is 5.81. The summed E-state index contributed by atoms with van der Waals surface area (Å²) in [7, 11) is 0. The summed E-state index contributed by atoms with van der Waals surface area (Å²) < 4.78 is 7.02. The predicted molar refractivity (Wildman–Crippen MR) is 107 cm³/mol. The van der Waals surface area contributed by atoms with Crippen LogP contribution in [0.5, 0.6) is 5.75 Å². The average Bonchev–Trinajstić information content (AvgIpc) is 3.08. The summed E-state index contributed by atoms with van der Waals surface area (Å²) in [6, 6.07) is 13.4. The van der Waals surface area contributed by atoms with Gasteiger partial charge in [0.25, 0.3) is 11.8 Å². The largest absolute Gasteiger partial charge is 0.483 e. The van der Waals surface area contributed by atoms with E-state index in [9.17, 15) is 9.59 Å². The van der Waals surface area contributed by atoms with E-state index in [4.69, 9.17) is 33.7 Å². The molecular formula is C19H16Cl2N4O3. The number of nitrogens with zero attached hydrogens (tertiary/aromatic N) is 2. The lowest BCUT2D eigenvalue weighted by molar-refractivity contribution is -0.118. The van der Waals surface area contributed by atoms with E-state index in [0.29, 0.717) is 22.4 Å². The number of rotatable bonds is 7. The highest BCUT2D eigenvalue weighted by molar-refractivity contribution is 6.31. The number of hydrogen-bond acceptors (Lipinski definition) is 4. The van der Waals surface area contributed by atoms with E-state index in [-0.39, 0.29) is 17.9 Å². The number of amides is 2. The lowest BCUT2D eigenvalue weighted by atomic mass is 10.2. The molecule has 1 heterocycles. The molecule has 0 atom stereocenters. The molecule has 0 aliphatic rings. The van der Waals surface area contributed by atoms with Crippen molar-refractivity contribution in [2.75, 3.05) is 11.9 Å². The molecule has 28 heavy (non-hydrogen) atoms. The van der Waals surface area contributed by atoms with Gasteiger partial charge in [0.05, 0.1) is 18.3 Å². The lowest BCUT2D eigenvalue weighted by Crippen LogP contribution is -2.23. The average molecular weight is 419 g/mol. The quantitative estimate of drug-likeness (QED) is 0.614. The zero-order chi connectivity index (χ0) is 20.1. The normalized spacial score (nSPS) is 10.5. The van der Waals surface area contributed by atoms with E-state index >= 15 is 0 Å². The summed E-state index contributed by atoms with van der Waals surface area (Å²) in [5.41, 5.74) is 6.31. The zero-order valence-corrected chi connectivity index (χ0v) is 16.1. The van der Waals surface area contributed by atoms with Crippen LogP contribution in [-0.4, -0.2) is 28.2 Å². The molecule has 0 saturated carbocycles. The third-order valence-electron chi connectivity index (χ3n) is 3.83. The van der Waals surface area contributed by atoms with E-state index in [2.05, 4.69) is 10.4 Å². The Morgan fingerprint density at radius 1 is 1.14 bits per heavy atom. The number of ether oxygens (including phenoxy) is 1. The second-order valence-corrected chi connectivity index (χ2v) is 6.65. The molecule has 1 aromatic heterocycles. The molecule has 0 fully saturated rings. The van der Waals surface area contributed by atoms with Crippen LogP contribution in [0, 0.1) is 0 Å². The number of anilines is 1. The van der Waals surface area contributed by atoms with Gasteiger partial charge in [0, 0.05) is 16.1 Å². The number of carbonyl (C=O) groups excluding carboxylic acids is 2. The first-order chi connectivity index (χ1) is 13.4. The van der Waals surface area contributed by atoms with Gasteiger partial charge < -0.3 is 15.8 Å². The Morgan fingerprint density at radius 2 is 1.93 bits per heavy atom. The van der Waals surface area contributed by atoms with Crippen molar-refractivity contribution < 1.29 is 14.3 Å². The van der Waals surface area contributed by atoms with Crippen LogP contribution < -0.4 is 15.8 Å². The Labute approximate surface area is 171 Å². The molecule has 7 nitrogen and oxygen atoms in total. The van der Waals surface area contributed by atoms with Crippen molar-refractivity contribution in [2.24, 2.45) is 5.73 Å². The van der Waals surface area contributed by atoms with Gasteiger partial charge in [-0.15, -0.1) is 0 Å². The smallest absolute Gasteiger partial charge is 0.263 e. The summed E-state index contributed by atoms with van der Waals surface area (Å²) in [6.07, 6.45) is 1.56. The molecule has 0 bridgehead atoms. The Kier molecular flexibility index (Phi) is 6.18. The molecule has 3 aromatic rings. The minimum Gasteiger partial charge on any atom is -0.483 e. The maximum Gasteiger partial charge on any atom is 0.263 e. The van der Waals surface area contributed by atoms with Crippen LogP contribution in [-0.2, 0) is 11.3 Å². The zero-order valence-electron chi connectivity index (χ0n) is 14.6. The van der Waals surface area contributed by atoms with Crippen LogP contribution in [0.2, 0.25) is 10.0 Å². The van der Waals surface area contributed by atoms with Crippen LogP contribution in [0.15, 0.2) is 54.7 Å². The lowest BCUT2D eigenvalue weighted by Gasteiger charge is -2.12. The number of nitrogens with two attached hydrogens (primary N) is 1. The molecule has 9 heteroatoms. The van der Waals surface area contributed by atoms with E-state index in [1.165, 1.54) is 18.2 Å². The van der Waals surface area contributed by atoms with Crippen molar-refractivity contribution in [1.29, 1.82) is 0 Å². The van der Waals surface area contributed by atoms with Gasteiger partial charge >= 0.3 is 0 Å². The van der Waals surface area contributed by atoms with Gasteiger partial charge in [0.1, 0.15) is 11.6 Å². The summed E-state index contributed by atoms with van der Waals surface area (Å²) in [5, 5.41) is 7.87. The van der Waals surface area contributed by atoms with Gasteiger partial charge in [0.2, 0.25) is 0 Å². The van der Waals surface area contributed by atoms with E-state index in [0.717, 1.165) is 5.56 Å². The third-order valence-corrected chi connectivity index (χ3v) is 4.43. The number of nitrogens with one attached hydrogen (secondary N) is 1. The molecule has 3 rings (SSSR count). The molecule has 0 unspecified atom stereocenters. The maximum absolute atomic E-state index is 12.3. The number of halogens is 2. The molecule has 0 aliphatic heterocycles. The molecule has 2 amide bonds. The number of benzene rings is 2. The Bertz CT molecular complexity index is 1020. The van der Waals surface area contributed by atoms with Crippen LogP contribution in [0.4, 0.5) is 5.82 Å². The van der Waals surface area contributed by atoms with Crippen molar-refractivity contribution >= 4 is 40.8 Å². The Balaban J connectivity index is 1.65. The monoisotopic (exact) mass is 418 g/mol. The minimum absolute atomic E-state index is 0.139. The first-order valence-electron chi connectivity index (χ1n) is 8.21. The summed E-state index contributed by atoms with van der Waals surface area (Å²) in [5.74, 6) is -0.490. The van der Waals surface area contributed by atoms with E-state index in [1.807, 2.05) is 18.2 Å². The van der Waals surface area contributed by atoms with Crippen LogP contribution in [0.25, 0.3) is 0 Å². The van der Waals surface area contributed by atoms with Crippen molar-refractivity contribution in [1.82, 2.24) is 9.78 Å². The molecule has 144 valence electrons. The van der Waals surface area contributed by atoms with Crippen molar-refractivity contribution in [3.8, 4) is 5.75 Å². The van der Waals surface area contributed by atoms with Gasteiger partial charge in [0.15, 0.2) is 6.61 Å². The fourth-order valence-corrected chi connectivity index (χ4v) is 2.85. The highest BCUT2D eigenvalue weighted by Gasteiger charge is 2.13. The van der Waals surface area contributed by atoms with E-state index in [1.54, 1.807) is 23.0 Å². The molecule has 0 spiro atoms. The molecule has 0 aliphatic carbocycles. The van der Waals surface area contributed by atoms with Crippen LogP contribution >= 0.6 is 23.2 Å². The standard InChI is InChI=1S/C19H16Cl2N4O3/c20-13-5-6-14(19(22)27)16(9-13)28-11-18(26)24-17-7-8-23-25(17)10-12-3-1-2-4-15(12)21/h1-9H,10-11H2,(H2,22,27)(H,24,26). The van der Waals surface area contributed by atoms with Crippen LogP contribution in [0.1, 0.15) is 15.9 Å². The third kappa shape index (κ3) is 4.82. The summed E-state index contributed by atoms with van der Waals surface area (Å²) >= 11 is 12.1. The van der Waals surface area contributed by atoms with Crippen LogP contribution in [0.3, 0.4) is 0 Å².